The van der Waals surface area contributed by atoms with Crippen molar-refractivity contribution in [3.05, 3.63) is 34.9 Å². The van der Waals surface area contributed by atoms with Crippen LogP contribution in [0.5, 0.6) is 0 Å². The summed E-state index contributed by atoms with van der Waals surface area (Å²) < 4.78 is 4.15. The Kier molecular flexibility index (Phi) is 4.11. The van der Waals surface area contributed by atoms with Gasteiger partial charge in [0.25, 0.3) is 0 Å². The average Bonchev–Trinajstić information content (AvgIpc) is 2.92. The Hall–Kier alpha value is -1.06. The van der Waals surface area contributed by atoms with E-state index in [9.17, 15) is 9.59 Å². The molecule has 0 heterocycles. The highest BCUT2D eigenvalue weighted by atomic mass is 35.5. The third-order valence-electron chi connectivity index (χ3n) is 4.15. The Morgan fingerprint density at radius 2 is 1.81 bits per heavy atom. The van der Waals surface area contributed by atoms with E-state index in [-0.39, 0.29) is 5.78 Å². The monoisotopic (exact) mass is 328 g/mol. The van der Waals surface area contributed by atoms with E-state index in [1.807, 2.05) is 19.9 Å². The van der Waals surface area contributed by atoms with Gasteiger partial charge in [0.1, 0.15) is 9.75 Å². The third-order valence-corrected chi connectivity index (χ3v) is 5.25. The van der Waals surface area contributed by atoms with Crippen molar-refractivity contribution in [3.8, 4) is 0 Å². The number of alkyl halides is 2. The second-order valence-corrected chi connectivity index (χ2v) is 7.41. The summed E-state index contributed by atoms with van der Waals surface area (Å²) in [6.07, 6.45) is -0.520. The number of aryl methyl sites for hydroxylation is 2. The normalized spacial score (nSPS) is 24.3. The Bertz CT molecular complexity index is 610. The molecule has 0 N–H and O–H groups in total. The minimum Gasteiger partial charge on any atom is -0.454 e. The van der Waals surface area contributed by atoms with Crippen molar-refractivity contribution in [2.75, 3.05) is 0 Å². The molecule has 1 aromatic rings. The molecule has 2 unspecified atom stereocenters. The molecule has 0 saturated heterocycles. The van der Waals surface area contributed by atoms with Crippen molar-refractivity contribution in [1.82, 2.24) is 0 Å². The Morgan fingerprint density at radius 3 is 2.29 bits per heavy atom. The van der Waals surface area contributed by atoms with Crippen LogP contribution in [0.15, 0.2) is 18.2 Å². The molecular formula is C16H18Cl2O3. The number of ketones is 1. The Morgan fingerprint density at radius 1 is 1.24 bits per heavy atom. The molecule has 5 heteroatoms. The van der Waals surface area contributed by atoms with Gasteiger partial charge in [0.2, 0.25) is 5.78 Å². The molecule has 1 aromatic carbocycles. The molecule has 2 rings (SSSR count). The fourth-order valence-electron chi connectivity index (χ4n) is 2.09. The number of Topliss-reactive ketones (excluding diaryl/α,β-unsaturated/α-hetero) is 1. The molecule has 1 aliphatic carbocycles. The number of carbonyl (C=O) groups is 2. The minimum absolute atomic E-state index is 0.231. The summed E-state index contributed by atoms with van der Waals surface area (Å²) in [5.74, 6) is -0.761. The zero-order valence-electron chi connectivity index (χ0n) is 12.5. The second-order valence-electron chi connectivity index (χ2n) is 5.92. The predicted octanol–water partition coefficient (Wildman–Crippen LogP) is 4.00. The van der Waals surface area contributed by atoms with Crippen molar-refractivity contribution in [3.63, 3.8) is 0 Å². The van der Waals surface area contributed by atoms with Crippen molar-refractivity contribution < 1.29 is 14.3 Å². The zero-order valence-corrected chi connectivity index (χ0v) is 14.0. The molecule has 0 bridgehead atoms. The van der Waals surface area contributed by atoms with Gasteiger partial charge in [-0.1, -0.05) is 12.1 Å². The van der Waals surface area contributed by atoms with Gasteiger partial charge in [0, 0.05) is 12.0 Å². The highest BCUT2D eigenvalue weighted by molar-refractivity contribution is 6.53. The summed E-state index contributed by atoms with van der Waals surface area (Å²) >= 11 is 11.9. The predicted molar refractivity (Wildman–Crippen MR) is 83.0 cm³/mol. The summed E-state index contributed by atoms with van der Waals surface area (Å²) in [4.78, 5) is 24.4. The zero-order chi connectivity index (χ0) is 16.0. The number of benzene rings is 1. The molecule has 3 nitrogen and oxygen atoms in total. The fraction of sp³-hybridized carbons (Fsp3) is 0.500. The lowest BCUT2D eigenvalue weighted by Crippen LogP contribution is -2.30. The highest BCUT2D eigenvalue weighted by Gasteiger charge is 2.69. The van der Waals surface area contributed by atoms with Crippen LogP contribution in [-0.4, -0.2) is 22.2 Å². The van der Waals surface area contributed by atoms with Gasteiger partial charge in [-0.3, -0.25) is 9.59 Å². The lowest BCUT2D eigenvalue weighted by atomic mass is 10.0. The number of ether oxygens (including phenoxy) is 1. The van der Waals surface area contributed by atoms with E-state index in [0.717, 1.165) is 11.1 Å². The lowest BCUT2D eigenvalue weighted by Gasteiger charge is -2.17. The van der Waals surface area contributed by atoms with Crippen LogP contribution in [0.3, 0.4) is 0 Å². The van der Waals surface area contributed by atoms with Crippen LogP contribution >= 0.6 is 23.2 Å². The van der Waals surface area contributed by atoms with Crippen LogP contribution in [0.1, 0.15) is 41.8 Å². The van der Waals surface area contributed by atoms with Crippen molar-refractivity contribution in [2.24, 2.45) is 5.41 Å². The summed E-state index contributed by atoms with van der Waals surface area (Å²) in [5.41, 5.74) is 1.74. The number of halogens is 2. The van der Waals surface area contributed by atoms with Gasteiger partial charge >= 0.3 is 5.97 Å². The molecule has 2 atom stereocenters. The number of rotatable bonds is 4. The van der Waals surface area contributed by atoms with Gasteiger partial charge in [-0.2, -0.15) is 0 Å². The van der Waals surface area contributed by atoms with Crippen molar-refractivity contribution in [2.45, 2.75) is 44.6 Å². The van der Waals surface area contributed by atoms with Gasteiger partial charge in [-0.25, -0.2) is 0 Å². The minimum atomic E-state index is -1.09. The molecule has 114 valence electrons. The van der Waals surface area contributed by atoms with Crippen molar-refractivity contribution in [1.29, 1.82) is 0 Å². The first kappa shape index (κ1) is 16.3. The first-order valence-electron chi connectivity index (χ1n) is 6.79. The molecule has 1 saturated carbocycles. The van der Waals surface area contributed by atoms with Gasteiger partial charge in [-0.05, 0) is 44.9 Å². The molecule has 1 aliphatic rings. The van der Waals surface area contributed by atoms with Crippen molar-refractivity contribution >= 4 is 35.0 Å². The summed E-state index contributed by atoms with van der Waals surface area (Å²) in [6.45, 7) is 7.11. The van der Waals surface area contributed by atoms with E-state index in [1.165, 1.54) is 0 Å². The van der Waals surface area contributed by atoms with E-state index in [4.69, 9.17) is 27.9 Å². The van der Waals surface area contributed by atoms with Gasteiger partial charge in [0.05, 0.1) is 0 Å². The molecule has 0 radical (unpaired) electrons. The van der Waals surface area contributed by atoms with E-state index < -0.39 is 21.8 Å². The molecule has 0 spiro atoms. The Balaban J connectivity index is 2.07. The fourth-order valence-corrected chi connectivity index (χ4v) is 2.78. The van der Waals surface area contributed by atoms with Gasteiger partial charge in [-0.15, -0.1) is 23.2 Å². The molecule has 0 amide bonds. The largest absolute Gasteiger partial charge is 0.454 e. The number of esters is 1. The second kappa shape index (κ2) is 5.29. The van der Waals surface area contributed by atoms with Crippen LogP contribution in [0, 0.1) is 19.3 Å². The SMILES string of the molecule is Cc1ccc(C(=O)C(C)OC(=O)C2(C)CC2(Cl)Cl)cc1C. The average molecular weight is 329 g/mol. The number of hydrogen-bond donors (Lipinski definition) is 0. The van der Waals surface area contributed by atoms with Crippen LogP contribution in [0.2, 0.25) is 0 Å². The lowest BCUT2D eigenvalue weighted by molar-refractivity contribution is -0.152. The molecule has 0 aromatic heterocycles. The molecule has 0 aliphatic heterocycles. The van der Waals surface area contributed by atoms with E-state index in [0.29, 0.717) is 12.0 Å². The molecular weight excluding hydrogens is 311 g/mol. The third kappa shape index (κ3) is 2.95. The number of carbonyl (C=O) groups excluding carboxylic acids is 2. The first-order valence-corrected chi connectivity index (χ1v) is 7.54. The Labute approximate surface area is 134 Å². The van der Waals surface area contributed by atoms with E-state index in [2.05, 4.69) is 0 Å². The number of hydrogen-bond acceptors (Lipinski definition) is 3. The van der Waals surface area contributed by atoms with Gasteiger partial charge < -0.3 is 4.74 Å². The smallest absolute Gasteiger partial charge is 0.315 e. The summed E-state index contributed by atoms with van der Waals surface area (Å²) in [7, 11) is 0. The van der Waals surface area contributed by atoms with E-state index in [1.54, 1.807) is 26.0 Å². The van der Waals surface area contributed by atoms with Crippen LogP contribution in [0.4, 0.5) is 0 Å². The standard InChI is InChI=1S/C16H18Cl2O3/c1-9-5-6-12(7-10(9)2)13(19)11(3)21-14(20)15(4)8-16(15,17)18/h5-7,11H,8H2,1-4H3. The first-order chi connectivity index (χ1) is 9.58. The van der Waals surface area contributed by atoms with Crippen LogP contribution in [-0.2, 0) is 9.53 Å². The molecule has 1 fully saturated rings. The van der Waals surface area contributed by atoms with E-state index >= 15 is 0 Å². The molecule has 21 heavy (non-hydrogen) atoms. The summed E-state index contributed by atoms with van der Waals surface area (Å²) in [5, 5.41) is 0. The van der Waals surface area contributed by atoms with Crippen LogP contribution in [0.25, 0.3) is 0 Å². The topological polar surface area (TPSA) is 43.4 Å². The maximum atomic E-state index is 12.3. The van der Waals surface area contributed by atoms with Crippen LogP contribution < -0.4 is 0 Å². The van der Waals surface area contributed by atoms with Gasteiger partial charge in [0.15, 0.2) is 6.10 Å². The summed E-state index contributed by atoms with van der Waals surface area (Å²) in [6, 6.07) is 5.41. The maximum absolute atomic E-state index is 12.3. The maximum Gasteiger partial charge on any atom is 0.315 e. The quantitative estimate of drug-likeness (QED) is 0.476. The highest BCUT2D eigenvalue weighted by Crippen LogP contribution is 2.64.